The van der Waals surface area contributed by atoms with E-state index >= 15 is 0 Å². The van der Waals surface area contributed by atoms with Crippen LogP contribution < -0.4 is 5.32 Å². The van der Waals surface area contributed by atoms with Crippen LogP contribution in [-0.4, -0.2) is 6.54 Å². The Morgan fingerprint density at radius 2 is 2.05 bits per heavy atom. The van der Waals surface area contributed by atoms with E-state index in [0.717, 1.165) is 13.0 Å². The molecule has 2 heterocycles. The van der Waals surface area contributed by atoms with Crippen molar-refractivity contribution in [2.24, 2.45) is 0 Å². The predicted octanol–water partition coefficient (Wildman–Crippen LogP) is 5.05. The number of fused-ring (bicyclic) bond motifs is 1. The van der Waals surface area contributed by atoms with Crippen molar-refractivity contribution in [1.29, 1.82) is 0 Å². The molecule has 3 heteroatoms. The first-order valence-corrected chi connectivity index (χ1v) is 8.44. The third kappa shape index (κ3) is 2.59. The highest BCUT2D eigenvalue weighted by atomic mass is 32.1. The maximum atomic E-state index is 3.68. The number of thiophene rings is 2. The third-order valence-electron chi connectivity index (χ3n) is 3.30. The predicted molar refractivity (Wildman–Crippen MR) is 86.3 cm³/mol. The quantitative estimate of drug-likeness (QED) is 0.692. The lowest BCUT2D eigenvalue weighted by Gasteiger charge is -2.17. The fraction of sp³-hybridized carbons (Fsp3) is 0.250. The molecule has 0 bridgehead atoms. The van der Waals surface area contributed by atoms with E-state index in [1.165, 1.54) is 21.2 Å². The second-order valence-corrected chi connectivity index (χ2v) is 6.32. The minimum Gasteiger partial charge on any atom is -0.306 e. The summed E-state index contributed by atoms with van der Waals surface area (Å²) in [6.45, 7) is 3.26. The molecule has 1 atom stereocenters. The SMILES string of the molecule is CCCNC(c1ccsc1)c1csc2ccccc12. The van der Waals surface area contributed by atoms with Gasteiger partial charge in [0.2, 0.25) is 0 Å². The Kier molecular flexibility index (Phi) is 3.97. The van der Waals surface area contributed by atoms with Crippen molar-refractivity contribution in [3.8, 4) is 0 Å². The van der Waals surface area contributed by atoms with Crippen molar-refractivity contribution in [2.45, 2.75) is 19.4 Å². The molecule has 3 aromatic rings. The number of hydrogen-bond donors (Lipinski definition) is 1. The third-order valence-corrected chi connectivity index (χ3v) is 4.98. The van der Waals surface area contributed by atoms with Crippen LogP contribution in [0.3, 0.4) is 0 Å². The fourth-order valence-electron chi connectivity index (χ4n) is 2.36. The van der Waals surface area contributed by atoms with Crippen LogP contribution >= 0.6 is 22.7 Å². The summed E-state index contributed by atoms with van der Waals surface area (Å²) in [7, 11) is 0. The minimum atomic E-state index is 0.322. The lowest BCUT2D eigenvalue weighted by atomic mass is 10.0. The van der Waals surface area contributed by atoms with Gasteiger partial charge in [0.25, 0.3) is 0 Å². The summed E-state index contributed by atoms with van der Waals surface area (Å²) in [6, 6.07) is 11.2. The van der Waals surface area contributed by atoms with E-state index in [1.54, 1.807) is 11.3 Å². The summed E-state index contributed by atoms with van der Waals surface area (Å²) in [5.74, 6) is 0. The van der Waals surface area contributed by atoms with Gasteiger partial charge in [0.1, 0.15) is 0 Å². The van der Waals surface area contributed by atoms with E-state index in [9.17, 15) is 0 Å². The average molecular weight is 287 g/mol. The molecule has 0 aliphatic rings. The molecule has 0 saturated heterocycles. The Labute approximate surface area is 121 Å². The van der Waals surface area contributed by atoms with Gasteiger partial charge in [0, 0.05) is 4.70 Å². The van der Waals surface area contributed by atoms with Crippen LogP contribution in [0.5, 0.6) is 0 Å². The molecule has 19 heavy (non-hydrogen) atoms. The summed E-state index contributed by atoms with van der Waals surface area (Å²) in [6.07, 6.45) is 1.16. The maximum Gasteiger partial charge on any atom is 0.0599 e. The van der Waals surface area contributed by atoms with Crippen molar-refractivity contribution in [2.75, 3.05) is 6.54 Å². The second kappa shape index (κ2) is 5.87. The molecule has 2 aromatic heterocycles. The first-order valence-electron chi connectivity index (χ1n) is 6.61. The number of nitrogens with one attached hydrogen (secondary N) is 1. The van der Waals surface area contributed by atoms with Crippen LogP contribution in [-0.2, 0) is 0 Å². The molecule has 0 fully saturated rings. The van der Waals surface area contributed by atoms with Crippen LogP contribution in [0.2, 0.25) is 0 Å². The Morgan fingerprint density at radius 1 is 1.16 bits per heavy atom. The first kappa shape index (κ1) is 12.9. The zero-order valence-corrected chi connectivity index (χ0v) is 12.6. The molecule has 0 aliphatic heterocycles. The molecule has 98 valence electrons. The molecule has 1 aromatic carbocycles. The van der Waals surface area contributed by atoms with Gasteiger partial charge >= 0.3 is 0 Å². The molecular weight excluding hydrogens is 270 g/mol. The molecular formula is C16H17NS2. The van der Waals surface area contributed by atoms with Crippen LogP contribution in [0.15, 0.2) is 46.5 Å². The Balaban J connectivity index is 2.03. The number of rotatable bonds is 5. The number of benzene rings is 1. The maximum absolute atomic E-state index is 3.68. The van der Waals surface area contributed by atoms with E-state index in [4.69, 9.17) is 0 Å². The monoisotopic (exact) mass is 287 g/mol. The number of hydrogen-bond acceptors (Lipinski definition) is 3. The van der Waals surface area contributed by atoms with Gasteiger partial charge in [-0.15, -0.1) is 11.3 Å². The lowest BCUT2D eigenvalue weighted by molar-refractivity contribution is 0.604. The van der Waals surface area contributed by atoms with Crippen LogP contribution in [0.1, 0.15) is 30.5 Å². The highest BCUT2D eigenvalue weighted by Crippen LogP contribution is 2.34. The molecule has 0 radical (unpaired) electrons. The summed E-state index contributed by atoms with van der Waals surface area (Å²) >= 11 is 3.60. The Morgan fingerprint density at radius 3 is 2.84 bits per heavy atom. The molecule has 0 spiro atoms. The molecule has 1 unspecified atom stereocenters. The summed E-state index contributed by atoms with van der Waals surface area (Å²) in [5, 5.41) is 11.8. The van der Waals surface area contributed by atoms with E-state index in [-0.39, 0.29) is 0 Å². The lowest BCUT2D eigenvalue weighted by Crippen LogP contribution is -2.22. The summed E-state index contributed by atoms with van der Waals surface area (Å²) in [4.78, 5) is 0. The van der Waals surface area contributed by atoms with Crippen molar-refractivity contribution in [3.63, 3.8) is 0 Å². The second-order valence-electron chi connectivity index (χ2n) is 4.63. The van der Waals surface area contributed by atoms with Gasteiger partial charge in [-0.25, -0.2) is 0 Å². The van der Waals surface area contributed by atoms with Crippen molar-refractivity contribution < 1.29 is 0 Å². The van der Waals surface area contributed by atoms with Crippen LogP contribution in [0, 0.1) is 0 Å². The van der Waals surface area contributed by atoms with Crippen molar-refractivity contribution in [1.82, 2.24) is 5.32 Å². The van der Waals surface area contributed by atoms with Gasteiger partial charge in [0.05, 0.1) is 6.04 Å². The van der Waals surface area contributed by atoms with Gasteiger partial charge in [-0.3, -0.25) is 0 Å². The van der Waals surface area contributed by atoms with Gasteiger partial charge in [-0.1, -0.05) is 25.1 Å². The largest absolute Gasteiger partial charge is 0.306 e. The topological polar surface area (TPSA) is 12.0 Å². The molecule has 0 saturated carbocycles. The van der Waals surface area contributed by atoms with E-state index in [0.29, 0.717) is 6.04 Å². The Bertz CT molecular complexity index is 640. The normalized spacial score (nSPS) is 12.9. The highest BCUT2D eigenvalue weighted by molar-refractivity contribution is 7.17. The first-order chi connectivity index (χ1) is 9.40. The minimum absolute atomic E-state index is 0.322. The van der Waals surface area contributed by atoms with E-state index in [1.807, 2.05) is 11.3 Å². The van der Waals surface area contributed by atoms with Crippen LogP contribution in [0.25, 0.3) is 10.1 Å². The zero-order chi connectivity index (χ0) is 13.1. The average Bonchev–Trinajstić information content (AvgIpc) is 3.09. The standard InChI is InChI=1S/C16H17NS2/c1-2-8-17-16(12-7-9-18-10-12)14-11-19-15-6-4-3-5-13(14)15/h3-7,9-11,16-17H,2,8H2,1H3. The van der Waals surface area contributed by atoms with E-state index < -0.39 is 0 Å². The molecule has 0 aliphatic carbocycles. The van der Waals surface area contributed by atoms with Crippen molar-refractivity contribution >= 4 is 32.8 Å². The summed E-state index contributed by atoms with van der Waals surface area (Å²) < 4.78 is 1.37. The van der Waals surface area contributed by atoms with Gasteiger partial charge in [-0.2, -0.15) is 11.3 Å². The summed E-state index contributed by atoms with van der Waals surface area (Å²) in [5.41, 5.74) is 2.79. The molecule has 0 amide bonds. The molecule has 1 N–H and O–H groups in total. The molecule has 3 rings (SSSR count). The van der Waals surface area contributed by atoms with Gasteiger partial charge in [0.15, 0.2) is 0 Å². The van der Waals surface area contributed by atoms with Crippen molar-refractivity contribution in [3.05, 3.63) is 57.6 Å². The van der Waals surface area contributed by atoms with Gasteiger partial charge < -0.3 is 5.32 Å². The smallest absolute Gasteiger partial charge is 0.0599 e. The fourth-order valence-corrected chi connectivity index (χ4v) is 4.03. The van der Waals surface area contributed by atoms with E-state index in [2.05, 4.69) is 58.7 Å². The van der Waals surface area contributed by atoms with Gasteiger partial charge in [-0.05, 0) is 57.8 Å². The molecule has 1 nitrogen and oxygen atoms in total. The Hall–Kier alpha value is -1.16. The highest BCUT2D eigenvalue weighted by Gasteiger charge is 2.17. The zero-order valence-electron chi connectivity index (χ0n) is 10.9. The van der Waals surface area contributed by atoms with Crippen LogP contribution in [0.4, 0.5) is 0 Å².